The van der Waals surface area contributed by atoms with Crippen molar-refractivity contribution in [3.05, 3.63) is 88.4 Å². The first-order valence-electron chi connectivity index (χ1n) is 14.4. The number of sulfonamides is 1. The lowest BCUT2D eigenvalue weighted by Gasteiger charge is -2.33. The number of nitrogens with zero attached hydrogens (tertiary/aromatic N) is 2. The number of benzene rings is 3. The van der Waals surface area contributed by atoms with Crippen molar-refractivity contribution in [2.45, 2.75) is 69.5 Å². The lowest BCUT2D eigenvalue weighted by Crippen LogP contribution is -2.53. The van der Waals surface area contributed by atoms with Gasteiger partial charge < -0.3 is 15.0 Å². The fourth-order valence-electron chi connectivity index (χ4n) is 5.11. The standard InChI is InChI=1S/C32H37Cl2N3O5S/c1-3-42-27-17-15-26(16-18-27)37(43(40,41)28-12-8-5-9-13-28)22-31(38)36(21-24-14-19-29(33)30(34)20-24)23(2)32(39)35-25-10-6-4-7-11-25/h5,8-9,12-20,23,25H,3-4,6-7,10-11,21-22H2,1-2H3,(H,35,39). The zero-order chi connectivity index (χ0) is 31.0. The van der Waals surface area contributed by atoms with Gasteiger partial charge in [-0.15, -0.1) is 0 Å². The van der Waals surface area contributed by atoms with Crippen LogP contribution in [0.5, 0.6) is 5.75 Å². The maximum atomic E-state index is 14.1. The fourth-order valence-corrected chi connectivity index (χ4v) is 6.87. The molecular weight excluding hydrogens is 609 g/mol. The number of halogens is 2. The summed E-state index contributed by atoms with van der Waals surface area (Å²) in [5, 5.41) is 3.77. The van der Waals surface area contributed by atoms with Crippen LogP contribution < -0.4 is 14.4 Å². The smallest absolute Gasteiger partial charge is 0.264 e. The Balaban J connectivity index is 1.68. The predicted octanol–water partition coefficient (Wildman–Crippen LogP) is 6.45. The first kappa shape index (κ1) is 32.6. The summed E-state index contributed by atoms with van der Waals surface area (Å²) in [7, 11) is -4.16. The van der Waals surface area contributed by atoms with Crippen molar-refractivity contribution < 1.29 is 22.7 Å². The highest BCUT2D eigenvalue weighted by Crippen LogP contribution is 2.28. The van der Waals surface area contributed by atoms with Crippen LogP contribution in [0.3, 0.4) is 0 Å². The number of hydrogen-bond donors (Lipinski definition) is 1. The fraction of sp³-hybridized carbons (Fsp3) is 0.375. The third-order valence-corrected chi connectivity index (χ3v) is 10.0. The van der Waals surface area contributed by atoms with E-state index in [1.54, 1.807) is 67.6 Å². The van der Waals surface area contributed by atoms with Gasteiger partial charge in [0.15, 0.2) is 0 Å². The predicted molar refractivity (Wildman–Crippen MR) is 170 cm³/mol. The Kier molecular flexibility index (Phi) is 11.3. The van der Waals surface area contributed by atoms with Gasteiger partial charge in [-0.3, -0.25) is 13.9 Å². The van der Waals surface area contributed by atoms with Gasteiger partial charge >= 0.3 is 0 Å². The van der Waals surface area contributed by atoms with E-state index in [-0.39, 0.29) is 29.1 Å². The molecule has 3 aromatic rings. The maximum Gasteiger partial charge on any atom is 0.264 e. The minimum atomic E-state index is -4.16. The van der Waals surface area contributed by atoms with Gasteiger partial charge in [0.25, 0.3) is 10.0 Å². The van der Waals surface area contributed by atoms with Crippen LogP contribution in [0.2, 0.25) is 10.0 Å². The van der Waals surface area contributed by atoms with Crippen molar-refractivity contribution in [3.63, 3.8) is 0 Å². The van der Waals surface area contributed by atoms with Gasteiger partial charge in [-0.2, -0.15) is 0 Å². The van der Waals surface area contributed by atoms with Crippen LogP contribution in [0, 0.1) is 0 Å². The summed E-state index contributed by atoms with van der Waals surface area (Å²) in [4.78, 5) is 29.0. The second kappa shape index (κ2) is 14.9. The van der Waals surface area contributed by atoms with E-state index >= 15 is 0 Å². The van der Waals surface area contributed by atoms with E-state index in [2.05, 4.69) is 5.32 Å². The molecule has 1 N–H and O–H groups in total. The second-order valence-electron chi connectivity index (χ2n) is 10.5. The molecule has 11 heteroatoms. The Labute approximate surface area is 264 Å². The van der Waals surface area contributed by atoms with Crippen molar-refractivity contribution in [1.82, 2.24) is 10.2 Å². The van der Waals surface area contributed by atoms with Crippen LogP contribution in [0.4, 0.5) is 5.69 Å². The molecule has 230 valence electrons. The van der Waals surface area contributed by atoms with Crippen molar-refractivity contribution >= 4 is 50.7 Å². The number of nitrogens with one attached hydrogen (secondary N) is 1. The highest BCUT2D eigenvalue weighted by atomic mass is 35.5. The molecule has 43 heavy (non-hydrogen) atoms. The molecule has 4 rings (SSSR count). The van der Waals surface area contributed by atoms with Gasteiger partial charge in [-0.25, -0.2) is 8.42 Å². The van der Waals surface area contributed by atoms with Gasteiger partial charge in [0, 0.05) is 12.6 Å². The minimum absolute atomic E-state index is 0.0253. The number of anilines is 1. The summed E-state index contributed by atoms with van der Waals surface area (Å²) >= 11 is 12.4. The Bertz CT molecular complexity index is 1500. The summed E-state index contributed by atoms with van der Waals surface area (Å²) in [6, 6.07) is 18.6. The van der Waals surface area contributed by atoms with E-state index in [1.165, 1.54) is 17.0 Å². The van der Waals surface area contributed by atoms with Crippen LogP contribution in [-0.2, 0) is 26.2 Å². The quantitative estimate of drug-likeness (QED) is 0.244. The van der Waals surface area contributed by atoms with E-state index in [0.717, 1.165) is 36.4 Å². The lowest BCUT2D eigenvalue weighted by atomic mass is 9.95. The SMILES string of the molecule is CCOc1ccc(N(CC(=O)N(Cc2ccc(Cl)c(Cl)c2)C(C)C(=O)NC2CCCCC2)S(=O)(=O)c2ccccc2)cc1. The highest BCUT2D eigenvalue weighted by molar-refractivity contribution is 7.92. The molecule has 1 aliphatic carbocycles. The Morgan fingerprint density at radius 2 is 1.63 bits per heavy atom. The zero-order valence-corrected chi connectivity index (χ0v) is 26.7. The lowest BCUT2D eigenvalue weighted by molar-refractivity contribution is -0.139. The molecule has 1 saturated carbocycles. The molecule has 3 aromatic carbocycles. The summed E-state index contributed by atoms with van der Waals surface area (Å²) in [6.07, 6.45) is 5.00. The van der Waals surface area contributed by atoms with Crippen molar-refractivity contribution in [2.24, 2.45) is 0 Å². The average Bonchev–Trinajstić information content (AvgIpc) is 3.01. The summed E-state index contributed by atoms with van der Waals surface area (Å²) < 4.78 is 34.4. The number of amides is 2. The molecular formula is C32H37Cl2N3O5S. The molecule has 0 aromatic heterocycles. The monoisotopic (exact) mass is 645 g/mol. The topological polar surface area (TPSA) is 96.0 Å². The number of rotatable bonds is 12. The Hall–Kier alpha value is -3.27. The second-order valence-corrected chi connectivity index (χ2v) is 13.2. The zero-order valence-electron chi connectivity index (χ0n) is 24.3. The van der Waals surface area contributed by atoms with Crippen LogP contribution in [-0.4, -0.2) is 50.4 Å². The number of ether oxygens (including phenoxy) is 1. The first-order valence-corrected chi connectivity index (χ1v) is 16.6. The summed E-state index contributed by atoms with van der Waals surface area (Å²) in [5.74, 6) is -0.270. The molecule has 0 saturated heterocycles. The van der Waals surface area contributed by atoms with Gasteiger partial charge in [0.1, 0.15) is 18.3 Å². The van der Waals surface area contributed by atoms with Crippen molar-refractivity contribution in [2.75, 3.05) is 17.5 Å². The summed E-state index contributed by atoms with van der Waals surface area (Å²) in [5.41, 5.74) is 0.938. The minimum Gasteiger partial charge on any atom is -0.494 e. The number of carbonyl (C=O) groups excluding carboxylic acids is 2. The van der Waals surface area contributed by atoms with E-state index in [0.29, 0.717) is 28.0 Å². The molecule has 0 radical (unpaired) electrons. The van der Waals surface area contributed by atoms with E-state index < -0.39 is 28.5 Å². The molecule has 0 bridgehead atoms. The maximum absolute atomic E-state index is 14.1. The molecule has 8 nitrogen and oxygen atoms in total. The molecule has 1 aliphatic rings. The van der Waals surface area contributed by atoms with E-state index in [9.17, 15) is 18.0 Å². The van der Waals surface area contributed by atoms with Gasteiger partial charge in [0.05, 0.1) is 27.2 Å². The number of carbonyl (C=O) groups is 2. The van der Waals surface area contributed by atoms with Crippen molar-refractivity contribution in [1.29, 1.82) is 0 Å². The third kappa shape index (κ3) is 8.43. The molecule has 1 unspecified atom stereocenters. The van der Waals surface area contributed by atoms with Crippen LogP contribution >= 0.6 is 23.2 Å². The normalized spacial score (nSPS) is 14.5. The van der Waals surface area contributed by atoms with Gasteiger partial charge in [-0.05, 0) is 80.8 Å². The molecule has 2 amide bonds. The number of hydrogen-bond acceptors (Lipinski definition) is 5. The third-order valence-electron chi connectivity index (χ3n) is 7.50. The van der Waals surface area contributed by atoms with Gasteiger partial charge in [0.2, 0.25) is 11.8 Å². The van der Waals surface area contributed by atoms with Crippen LogP contribution in [0.25, 0.3) is 0 Å². The average molecular weight is 647 g/mol. The molecule has 1 fully saturated rings. The highest BCUT2D eigenvalue weighted by Gasteiger charge is 2.33. The first-order chi connectivity index (χ1) is 20.6. The van der Waals surface area contributed by atoms with E-state index in [1.807, 2.05) is 6.92 Å². The Morgan fingerprint density at radius 3 is 2.26 bits per heavy atom. The molecule has 0 heterocycles. The van der Waals surface area contributed by atoms with E-state index in [4.69, 9.17) is 27.9 Å². The van der Waals surface area contributed by atoms with Crippen molar-refractivity contribution in [3.8, 4) is 5.75 Å². The Morgan fingerprint density at radius 1 is 0.953 bits per heavy atom. The van der Waals surface area contributed by atoms with Crippen LogP contribution in [0.1, 0.15) is 51.5 Å². The molecule has 0 spiro atoms. The van der Waals surface area contributed by atoms with Gasteiger partial charge in [-0.1, -0.05) is 66.7 Å². The molecule has 0 aliphatic heterocycles. The molecule has 1 atom stereocenters. The van der Waals surface area contributed by atoms with Crippen LogP contribution in [0.15, 0.2) is 77.7 Å². The largest absolute Gasteiger partial charge is 0.494 e. The summed E-state index contributed by atoms with van der Waals surface area (Å²) in [6.45, 7) is 3.45.